The number of para-hydroxylation sites is 1. The molecule has 1 atom stereocenters. The summed E-state index contributed by atoms with van der Waals surface area (Å²) in [5.74, 6) is 0.759. The Morgan fingerprint density at radius 1 is 1.03 bits per heavy atom. The fraction of sp³-hybridized carbons (Fsp3) is 0.192. The fourth-order valence-corrected chi connectivity index (χ4v) is 4.48. The lowest BCUT2D eigenvalue weighted by Gasteiger charge is -2.16. The maximum absolute atomic E-state index is 13.3. The fourth-order valence-electron chi connectivity index (χ4n) is 3.47. The number of benzene rings is 3. The molecule has 3 aromatic carbocycles. The van der Waals surface area contributed by atoms with Gasteiger partial charge in [-0.15, -0.1) is 0 Å². The van der Waals surface area contributed by atoms with Crippen LogP contribution >= 0.6 is 11.8 Å². The summed E-state index contributed by atoms with van der Waals surface area (Å²) < 4.78 is 6.90. The number of aromatic nitrogens is 2. The minimum Gasteiger partial charge on any atom is -0.497 e. The van der Waals surface area contributed by atoms with Crippen molar-refractivity contribution in [2.24, 2.45) is 0 Å². The lowest BCUT2D eigenvalue weighted by Crippen LogP contribution is -2.25. The summed E-state index contributed by atoms with van der Waals surface area (Å²) in [6.07, 6.45) is 0.576. The molecule has 6 heteroatoms. The van der Waals surface area contributed by atoms with E-state index in [1.165, 1.54) is 17.3 Å². The first-order valence-electron chi connectivity index (χ1n) is 10.3. The van der Waals surface area contributed by atoms with Crippen LogP contribution in [0.25, 0.3) is 10.9 Å². The predicted octanol–water partition coefficient (Wildman–Crippen LogP) is 4.99. The van der Waals surface area contributed by atoms with Crippen molar-refractivity contribution in [2.75, 3.05) is 7.11 Å². The number of methoxy groups -OCH3 is 1. The summed E-state index contributed by atoms with van der Waals surface area (Å²) in [7, 11) is 1.62. The van der Waals surface area contributed by atoms with E-state index in [2.05, 4.69) is 6.07 Å². The van der Waals surface area contributed by atoms with Crippen LogP contribution in [0.5, 0.6) is 5.75 Å². The third kappa shape index (κ3) is 4.84. The van der Waals surface area contributed by atoms with E-state index in [4.69, 9.17) is 9.72 Å². The van der Waals surface area contributed by atoms with Crippen LogP contribution in [0.4, 0.5) is 0 Å². The largest absolute Gasteiger partial charge is 0.497 e. The molecule has 0 spiro atoms. The molecule has 0 N–H and O–H groups in total. The van der Waals surface area contributed by atoms with Gasteiger partial charge in [0.2, 0.25) is 0 Å². The Balaban J connectivity index is 1.71. The Labute approximate surface area is 191 Å². The van der Waals surface area contributed by atoms with E-state index in [0.717, 1.165) is 16.9 Å². The van der Waals surface area contributed by atoms with Gasteiger partial charge in [0.1, 0.15) is 11.0 Å². The molecule has 0 aliphatic heterocycles. The van der Waals surface area contributed by atoms with Crippen LogP contribution in [-0.4, -0.2) is 21.9 Å². The number of fused-ring (bicyclic) bond motifs is 1. The molecule has 4 aromatic rings. The van der Waals surface area contributed by atoms with Crippen LogP contribution in [0.1, 0.15) is 16.7 Å². The molecule has 160 valence electrons. The van der Waals surface area contributed by atoms with Gasteiger partial charge >= 0.3 is 0 Å². The zero-order valence-electron chi connectivity index (χ0n) is 18.0. The van der Waals surface area contributed by atoms with E-state index in [9.17, 15) is 10.1 Å². The smallest absolute Gasteiger partial charge is 0.262 e. The van der Waals surface area contributed by atoms with Crippen molar-refractivity contribution in [1.82, 2.24) is 9.55 Å². The molecule has 0 saturated carbocycles. The van der Waals surface area contributed by atoms with Gasteiger partial charge in [0.25, 0.3) is 5.56 Å². The summed E-state index contributed by atoms with van der Waals surface area (Å²) in [5, 5.41) is 10.6. The number of nitriles is 1. The summed E-state index contributed by atoms with van der Waals surface area (Å²) in [6.45, 7) is 2.41. The van der Waals surface area contributed by atoms with Crippen molar-refractivity contribution in [3.8, 4) is 11.8 Å². The maximum atomic E-state index is 13.3. The standard InChI is InChI=1S/C26H23N3O2S/c1-18-7-9-19(10-8-18)15-22(16-27)32-26-28-24-6-4-3-5-23(24)25(30)29(26)17-20-11-13-21(31-2)14-12-20/h3-14,22H,15,17H2,1-2H3. The van der Waals surface area contributed by atoms with Gasteiger partial charge in [-0.1, -0.05) is 65.9 Å². The SMILES string of the molecule is COc1ccc(Cn2c(SC(C#N)Cc3ccc(C)cc3)nc3ccccc3c2=O)cc1. The first kappa shape index (κ1) is 21.7. The van der Waals surface area contributed by atoms with Gasteiger partial charge in [-0.3, -0.25) is 9.36 Å². The Bertz CT molecular complexity index is 1320. The highest BCUT2D eigenvalue weighted by atomic mass is 32.2. The summed E-state index contributed by atoms with van der Waals surface area (Å²) in [4.78, 5) is 18.1. The second kappa shape index (κ2) is 9.71. The van der Waals surface area contributed by atoms with Gasteiger partial charge in [-0.25, -0.2) is 4.98 Å². The molecule has 1 aromatic heterocycles. The molecule has 1 heterocycles. The Morgan fingerprint density at radius 2 is 1.72 bits per heavy atom. The monoisotopic (exact) mass is 441 g/mol. The van der Waals surface area contributed by atoms with Crippen molar-refractivity contribution >= 4 is 22.7 Å². The van der Waals surface area contributed by atoms with Crippen LogP contribution in [-0.2, 0) is 13.0 Å². The number of hydrogen-bond acceptors (Lipinski definition) is 5. The topological polar surface area (TPSA) is 67.9 Å². The van der Waals surface area contributed by atoms with Crippen molar-refractivity contribution in [2.45, 2.75) is 30.3 Å². The highest BCUT2D eigenvalue weighted by molar-refractivity contribution is 8.00. The van der Waals surface area contributed by atoms with Gasteiger partial charge < -0.3 is 4.74 Å². The molecule has 0 aliphatic carbocycles. The molecule has 0 radical (unpaired) electrons. The van der Waals surface area contributed by atoms with Crippen molar-refractivity contribution in [3.05, 3.63) is 99.8 Å². The van der Waals surface area contributed by atoms with E-state index in [1.54, 1.807) is 17.7 Å². The van der Waals surface area contributed by atoms with Crippen molar-refractivity contribution in [3.63, 3.8) is 0 Å². The lowest BCUT2D eigenvalue weighted by atomic mass is 10.1. The molecule has 5 nitrogen and oxygen atoms in total. The average Bonchev–Trinajstić information content (AvgIpc) is 2.83. The van der Waals surface area contributed by atoms with Crippen LogP contribution in [0.3, 0.4) is 0 Å². The number of rotatable bonds is 7. The summed E-state index contributed by atoms with van der Waals surface area (Å²) >= 11 is 1.34. The first-order valence-corrected chi connectivity index (χ1v) is 11.2. The average molecular weight is 442 g/mol. The second-order valence-corrected chi connectivity index (χ2v) is 8.75. The zero-order valence-corrected chi connectivity index (χ0v) is 18.8. The van der Waals surface area contributed by atoms with Crippen LogP contribution in [0.15, 0.2) is 82.7 Å². The Hall–Kier alpha value is -3.56. The lowest BCUT2D eigenvalue weighted by molar-refractivity contribution is 0.414. The van der Waals surface area contributed by atoms with Gasteiger partial charge in [-0.05, 0) is 48.7 Å². The van der Waals surface area contributed by atoms with E-state index in [-0.39, 0.29) is 10.8 Å². The van der Waals surface area contributed by atoms with Gasteiger partial charge in [0.15, 0.2) is 5.16 Å². The second-order valence-electron chi connectivity index (χ2n) is 7.58. The number of thioether (sulfide) groups is 1. The number of aryl methyl sites for hydroxylation is 1. The predicted molar refractivity (Wildman–Crippen MR) is 128 cm³/mol. The molecular formula is C26H23N3O2S. The van der Waals surface area contributed by atoms with Gasteiger partial charge in [-0.2, -0.15) is 5.26 Å². The summed E-state index contributed by atoms with van der Waals surface area (Å²) in [6, 6.07) is 25.5. The van der Waals surface area contributed by atoms with E-state index in [0.29, 0.717) is 29.0 Å². The number of ether oxygens (including phenoxy) is 1. The maximum Gasteiger partial charge on any atom is 0.262 e. The third-order valence-electron chi connectivity index (χ3n) is 5.26. The Kier molecular flexibility index (Phi) is 6.58. The molecule has 0 aliphatic rings. The van der Waals surface area contributed by atoms with Crippen molar-refractivity contribution < 1.29 is 4.74 Å². The van der Waals surface area contributed by atoms with Crippen LogP contribution < -0.4 is 10.3 Å². The minimum atomic E-state index is -0.368. The van der Waals surface area contributed by atoms with Crippen molar-refractivity contribution in [1.29, 1.82) is 5.26 Å². The third-order valence-corrected chi connectivity index (χ3v) is 6.34. The number of hydrogen-bond donors (Lipinski definition) is 0. The quantitative estimate of drug-likeness (QED) is 0.299. The highest BCUT2D eigenvalue weighted by Crippen LogP contribution is 2.26. The van der Waals surface area contributed by atoms with Crippen LogP contribution in [0.2, 0.25) is 0 Å². The summed E-state index contributed by atoms with van der Waals surface area (Å²) in [5.41, 5.74) is 3.75. The zero-order chi connectivity index (χ0) is 22.5. The first-order chi connectivity index (χ1) is 15.6. The minimum absolute atomic E-state index is 0.110. The molecule has 4 rings (SSSR count). The Morgan fingerprint density at radius 3 is 2.41 bits per heavy atom. The van der Waals surface area contributed by atoms with E-state index >= 15 is 0 Å². The normalized spacial score (nSPS) is 11.8. The molecule has 0 bridgehead atoms. The van der Waals surface area contributed by atoms with Crippen LogP contribution in [0, 0.1) is 18.3 Å². The highest BCUT2D eigenvalue weighted by Gasteiger charge is 2.18. The molecule has 0 fully saturated rings. The van der Waals surface area contributed by atoms with Gasteiger partial charge in [0, 0.05) is 0 Å². The van der Waals surface area contributed by atoms with E-state index < -0.39 is 0 Å². The van der Waals surface area contributed by atoms with E-state index in [1.807, 2.05) is 73.7 Å². The molecular weight excluding hydrogens is 418 g/mol. The molecule has 0 saturated heterocycles. The molecule has 32 heavy (non-hydrogen) atoms. The molecule has 1 unspecified atom stereocenters. The number of nitrogens with zero attached hydrogens (tertiary/aromatic N) is 3. The van der Waals surface area contributed by atoms with Gasteiger partial charge in [0.05, 0.1) is 30.6 Å². The molecule has 0 amide bonds.